The second-order valence-electron chi connectivity index (χ2n) is 4.99. The summed E-state index contributed by atoms with van der Waals surface area (Å²) in [5, 5.41) is 10.1. The van der Waals surface area contributed by atoms with Crippen LogP contribution in [0.15, 0.2) is 12.4 Å². The van der Waals surface area contributed by atoms with Gasteiger partial charge in [-0.3, -0.25) is 14.3 Å². The van der Waals surface area contributed by atoms with E-state index in [9.17, 15) is 9.59 Å². The van der Waals surface area contributed by atoms with Crippen LogP contribution in [0, 0.1) is 5.92 Å². The van der Waals surface area contributed by atoms with Crippen LogP contribution >= 0.6 is 11.6 Å². The number of rotatable bonds is 7. The molecular weight excluding hydrogens is 280 g/mol. The number of amides is 2. The summed E-state index contributed by atoms with van der Waals surface area (Å²) in [7, 11) is 0. The molecular formula is C13H21ClN4O2. The summed E-state index contributed by atoms with van der Waals surface area (Å²) in [6.07, 6.45) is 4.05. The standard InChI is InChI=1S/C13H21ClN4O2/c1-9(2)12(17-10(3)19)13(20)15-5-4-6-18-8-11(14)7-16-18/h7-9,12H,4-6H2,1-3H3,(H,15,20)(H,17,19)/t12-/m1/s1. The summed E-state index contributed by atoms with van der Waals surface area (Å²) in [6.45, 7) is 6.40. The van der Waals surface area contributed by atoms with Crippen molar-refractivity contribution in [2.45, 2.75) is 39.8 Å². The van der Waals surface area contributed by atoms with Gasteiger partial charge in [0.05, 0.1) is 11.2 Å². The van der Waals surface area contributed by atoms with Gasteiger partial charge in [0.2, 0.25) is 11.8 Å². The van der Waals surface area contributed by atoms with Gasteiger partial charge >= 0.3 is 0 Å². The molecule has 2 N–H and O–H groups in total. The van der Waals surface area contributed by atoms with Crippen molar-refractivity contribution in [1.29, 1.82) is 0 Å². The van der Waals surface area contributed by atoms with Crippen LogP contribution in [0.2, 0.25) is 5.02 Å². The van der Waals surface area contributed by atoms with Crippen LogP contribution in [0.25, 0.3) is 0 Å². The monoisotopic (exact) mass is 300 g/mol. The molecule has 1 aromatic heterocycles. The largest absolute Gasteiger partial charge is 0.354 e. The Bertz CT molecular complexity index is 459. The van der Waals surface area contributed by atoms with Gasteiger partial charge in [0.1, 0.15) is 6.04 Å². The molecule has 0 radical (unpaired) electrons. The molecule has 0 fully saturated rings. The first-order valence-corrected chi connectivity index (χ1v) is 7.00. The highest BCUT2D eigenvalue weighted by Crippen LogP contribution is 2.05. The lowest BCUT2D eigenvalue weighted by Gasteiger charge is -2.20. The molecule has 1 atom stereocenters. The summed E-state index contributed by atoms with van der Waals surface area (Å²) in [6, 6.07) is -0.494. The van der Waals surface area contributed by atoms with E-state index in [0.29, 0.717) is 18.1 Å². The Hall–Kier alpha value is -1.56. The molecule has 0 spiro atoms. The molecule has 0 aliphatic heterocycles. The van der Waals surface area contributed by atoms with Crippen molar-refractivity contribution in [2.75, 3.05) is 6.54 Å². The molecule has 1 aromatic rings. The summed E-state index contributed by atoms with van der Waals surface area (Å²) >= 11 is 5.76. The first-order chi connectivity index (χ1) is 9.40. The topological polar surface area (TPSA) is 76.0 Å². The number of carbonyl (C=O) groups excluding carboxylic acids is 2. The molecule has 0 aliphatic rings. The highest BCUT2D eigenvalue weighted by molar-refractivity contribution is 6.30. The van der Waals surface area contributed by atoms with E-state index in [0.717, 1.165) is 6.42 Å². The van der Waals surface area contributed by atoms with Crippen molar-refractivity contribution in [3.63, 3.8) is 0 Å². The predicted octanol–water partition coefficient (Wildman–Crippen LogP) is 1.20. The Morgan fingerprint density at radius 2 is 2.15 bits per heavy atom. The van der Waals surface area contributed by atoms with Crippen molar-refractivity contribution < 1.29 is 9.59 Å². The minimum absolute atomic E-state index is 0.0452. The number of carbonyl (C=O) groups is 2. The number of hydrogen-bond donors (Lipinski definition) is 2. The van der Waals surface area contributed by atoms with E-state index in [-0.39, 0.29) is 17.7 Å². The molecule has 0 aromatic carbocycles. The lowest BCUT2D eigenvalue weighted by molar-refractivity contribution is -0.129. The van der Waals surface area contributed by atoms with Gasteiger partial charge in [0.25, 0.3) is 0 Å². The van der Waals surface area contributed by atoms with Crippen LogP contribution < -0.4 is 10.6 Å². The van der Waals surface area contributed by atoms with Gasteiger partial charge < -0.3 is 10.6 Å². The average molecular weight is 301 g/mol. The fourth-order valence-electron chi connectivity index (χ4n) is 1.78. The third-order valence-electron chi connectivity index (χ3n) is 2.77. The second-order valence-corrected chi connectivity index (χ2v) is 5.42. The van der Waals surface area contributed by atoms with Gasteiger partial charge in [0, 0.05) is 26.2 Å². The molecule has 2 amide bonds. The van der Waals surface area contributed by atoms with E-state index in [1.54, 1.807) is 17.1 Å². The van der Waals surface area contributed by atoms with Crippen LogP contribution in [-0.4, -0.2) is 34.2 Å². The van der Waals surface area contributed by atoms with Gasteiger partial charge in [-0.25, -0.2) is 0 Å². The van der Waals surface area contributed by atoms with Crippen molar-refractivity contribution >= 4 is 23.4 Å². The Morgan fingerprint density at radius 1 is 1.45 bits per heavy atom. The molecule has 0 bridgehead atoms. The number of nitrogens with one attached hydrogen (secondary N) is 2. The minimum Gasteiger partial charge on any atom is -0.354 e. The van der Waals surface area contributed by atoms with Crippen molar-refractivity contribution in [3.8, 4) is 0 Å². The van der Waals surface area contributed by atoms with Gasteiger partial charge in [-0.05, 0) is 12.3 Å². The highest BCUT2D eigenvalue weighted by atomic mass is 35.5. The first-order valence-electron chi connectivity index (χ1n) is 6.63. The quantitative estimate of drug-likeness (QED) is 0.743. The summed E-state index contributed by atoms with van der Waals surface area (Å²) < 4.78 is 1.72. The Balaban J connectivity index is 2.32. The lowest BCUT2D eigenvalue weighted by Crippen LogP contribution is -2.49. The van der Waals surface area contributed by atoms with Gasteiger partial charge in [0.15, 0.2) is 0 Å². The Labute approximate surface area is 123 Å². The maximum Gasteiger partial charge on any atom is 0.242 e. The number of nitrogens with zero attached hydrogens (tertiary/aromatic N) is 2. The van der Waals surface area contributed by atoms with Crippen LogP contribution in [0.3, 0.4) is 0 Å². The maximum absolute atomic E-state index is 12.0. The van der Waals surface area contributed by atoms with Crippen LogP contribution in [0.5, 0.6) is 0 Å². The van der Waals surface area contributed by atoms with Gasteiger partial charge in [-0.2, -0.15) is 5.10 Å². The molecule has 7 heteroatoms. The summed E-state index contributed by atoms with van der Waals surface area (Å²) in [5.74, 6) is -0.317. The van der Waals surface area contributed by atoms with E-state index >= 15 is 0 Å². The number of halogens is 1. The minimum atomic E-state index is -0.494. The normalized spacial score (nSPS) is 12.2. The second kappa shape index (κ2) is 7.89. The number of hydrogen-bond acceptors (Lipinski definition) is 3. The van der Waals surface area contributed by atoms with Gasteiger partial charge in [-0.1, -0.05) is 25.4 Å². The van der Waals surface area contributed by atoms with Crippen LogP contribution in [-0.2, 0) is 16.1 Å². The number of aryl methyl sites for hydroxylation is 1. The third kappa shape index (κ3) is 5.61. The number of aromatic nitrogens is 2. The first kappa shape index (κ1) is 16.5. The van der Waals surface area contributed by atoms with Crippen LogP contribution in [0.1, 0.15) is 27.2 Å². The Morgan fingerprint density at radius 3 is 2.65 bits per heavy atom. The van der Waals surface area contributed by atoms with E-state index < -0.39 is 6.04 Å². The van der Waals surface area contributed by atoms with Crippen molar-refractivity contribution in [2.24, 2.45) is 5.92 Å². The molecule has 0 saturated carbocycles. The van der Waals surface area contributed by atoms with Crippen molar-refractivity contribution in [3.05, 3.63) is 17.4 Å². The maximum atomic E-state index is 12.0. The fraction of sp³-hybridized carbons (Fsp3) is 0.615. The summed E-state index contributed by atoms with van der Waals surface area (Å²) in [4.78, 5) is 23.0. The third-order valence-corrected chi connectivity index (χ3v) is 2.97. The van der Waals surface area contributed by atoms with E-state index in [1.165, 1.54) is 6.92 Å². The predicted molar refractivity (Wildman–Crippen MR) is 77.3 cm³/mol. The summed E-state index contributed by atoms with van der Waals surface area (Å²) in [5.41, 5.74) is 0. The molecule has 1 heterocycles. The average Bonchev–Trinajstić information content (AvgIpc) is 2.76. The van der Waals surface area contributed by atoms with Crippen molar-refractivity contribution in [1.82, 2.24) is 20.4 Å². The zero-order valence-corrected chi connectivity index (χ0v) is 12.8. The Kier molecular flexibility index (Phi) is 6.51. The van der Waals surface area contributed by atoms with Crippen LogP contribution in [0.4, 0.5) is 0 Å². The smallest absolute Gasteiger partial charge is 0.242 e. The zero-order valence-electron chi connectivity index (χ0n) is 12.0. The molecule has 6 nitrogen and oxygen atoms in total. The fourth-order valence-corrected chi connectivity index (χ4v) is 1.93. The SMILES string of the molecule is CC(=O)N[C@@H](C(=O)NCCCn1cc(Cl)cn1)C(C)C. The molecule has 20 heavy (non-hydrogen) atoms. The van der Waals surface area contributed by atoms with E-state index in [2.05, 4.69) is 15.7 Å². The zero-order chi connectivity index (χ0) is 15.1. The van der Waals surface area contributed by atoms with E-state index in [4.69, 9.17) is 11.6 Å². The van der Waals surface area contributed by atoms with Gasteiger partial charge in [-0.15, -0.1) is 0 Å². The van der Waals surface area contributed by atoms with E-state index in [1.807, 2.05) is 13.8 Å². The molecule has 0 aliphatic carbocycles. The molecule has 0 saturated heterocycles. The highest BCUT2D eigenvalue weighted by Gasteiger charge is 2.22. The molecule has 112 valence electrons. The lowest BCUT2D eigenvalue weighted by atomic mass is 10.0. The molecule has 0 unspecified atom stereocenters. The molecule has 1 rings (SSSR count).